The summed E-state index contributed by atoms with van der Waals surface area (Å²) in [7, 11) is 0. The van der Waals surface area contributed by atoms with Crippen molar-refractivity contribution in [2.45, 2.75) is 33.2 Å². The first-order valence-electron chi connectivity index (χ1n) is 11.2. The minimum Gasteiger partial charge on any atom is -0.507 e. The maximum absolute atomic E-state index is 13.0. The number of amides is 1. The number of carbonyl (C=O) groups is 2. The van der Waals surface area contributed by atoms with Gasteiger partial charge in [0.2, 0.25) is 0 Å². The van der Waals surface area contributed by atoms with Crippen molar-refractivity contribution < 1.29 is 19.4 Å². The normalized spacial score (nSPS) is 17.9. The summed E-state index contributed by atoms with van der Waals surface area (Å²) in [5.74, 6) is -0.783. The highest BCUT2D eigenvalue weighted by atomic mass is 16.5. The fourth-order valence-electron chi connectivity index (χ4n) is 3.87. The number of ether oxygens (including phenoxy) is 1. The number of hydrogen-bond acceptors (Lipinski definition) is 6. The SMILES string of the molecule is CCCOc1ccc(/C(O)=C2/C(=O)C(=O)N(CCN(CC)CC)C2c2cccnc2)cc1. The summed E-state index contributed by atoms with van der Waals surface area (Å²) in [6.45, 7) is 9.47. The summed E-state index contributed by atoms with van der Waals surface area (Å²) in [4.78, 5) is 33.9. The second-order valence-corrected chi connectivity index (χ2v) is 7.68. The first kappa shape index (κ1) is 23.5. The standard InChI is InChI=1S/C25H31N3O4/c1-4-16-32-20-11-9-18(10-12-20)23(29)21-22(19-8-7-13-26-17-19)28(25(31)24(21)30)15-14-27(5-2)6-3/h7-13,17,22,29H,4-6,14-16H2,1-3H3/b23-21-. The maximum atomic E-state index is 13.0. The van der Waals surface area contributed by atoms with Crippen LogP contribution in [0.15, 0.2) is 54.4 Å². The quantitative estimate of drug-likeness (QED) is 0.347. The first-order valence-corrected chi connectivity index (χ1v) is 11.2. The van der Waals surface area contributed by atoms with Crippen molar-refractivity contribution >= 4 is 17.4 Å². The molecule has 0 radical (unpaired) electrons. The molecule has 0 aliphatic carbocycles. The molecule has 2 heterocycles. The van der Waals surface area contributed by atoms with Crippen LogP contribution < -0.4 is 4.74 Å². The van der Waals surface area contributed by atoms with Crippen LogP contribution in [0.5, 0.6) is 5.75 Å². The molecule has 1 aromatic carbocycles. The Balaban J connectivity index is 2.00. The Kier molecular flexibility index (Phi) is 8.00. The fraction of sp³-hybridized carbons (Fsp3) is 0.400. The molecule has 1 fully saturated rings. The minimum atomic E-state index is -0.685. The lowest BCUT2D eigenvalue weighted by molar-refractivity contribution is -0.140. The lowest BCUT2D eigenvalue weighted by Crippen LogP contribution is -2.38. The van der Waals surface area contributed by atoms with Crippen molar-refractivity contribution in [2.24, 2.45) is 0 Å². The van der Waals surface area contributed by atoms with Crippen LogP contribution in [0.1, 0.15) is 44.4 Å². The third kappa shape index (κ3) is 4.99. The van der Waals surface area contributed by atoms with Gasteiger partial charge >= 0.3 is 0 Å². The van der Waals surface area contributed by atoms with Gasteiger partial charge in [-0.25, -0.2) is 0 Å². The smallest absolute Gasteiger partial charge is 0.295 e. The molecule has 1 N–H and O–H groups in total. The fourth-order valence-corrected chi connectivity index (χ4v) is 3.87. The average Bonchev–Trinajstić information content (AvgIpc) is 3.08. The molecule has 0 saturated carbocycles. The van der Waals surface area contributed by atoms with E-state index in [-0.39, 0.29) is 11.3 Å². The van der Waals surface area contributed by atoms with Crippen molar-refractivity contribution in [1.82, 2.24) is 14.8 Å². The number of nitrogens with zero attached hydrogens (tertiary/aromatic N) is 3. The van der Waals surface area contributed by atoms with Gasteiger partial charge in [0.1, 0.15) is 11.5 Å². The van der Waals surface area contributed by atoms with Crippen LogP contribution in [0.2, 0.25) is 0 Å². The van der Waals surface area contributed by atoms with Crippen molar-refractivity contribution in [1.29, 1.82) is 0 Å². The average molecular weight is 438 g/mol. The summed E-state index contributed by atoms with van der Waals surface area (Å²) in [6.07, 6.45) is 4.17. The summed E-state index contributed by atoms with van der Waals surface area (Å²) in [5.41, 5.74) is 1.24. The molecular weight excluding hydrogens is 406 g/mol. The van der Waals surface area contributed by atoms with Gasteiger partial charge in [-0.1, -0.05) is 26.8 Å². The Labute approximate surface area is 189 Å². The predicted octanol–water partition coefficient (Wildman–Crippen LogP) is 3.63. The topological polar surface area (TPSA) is 83.0 Å². The monoisotopic (exact) mass is 437 g/mol. The third-order valence-electron chi connectivity index (χ3n) is 5.69. The van der Waals surface area contributed by atoms with E-state index >= 15 is 0 Å². The lowest BCUT2D eigenvalue weighted by Gasteiger charge is -2.28. The zero-order chi connectivity index (χ0) is 23.1. The molecular formula is C25H31N3O4. The van der Waals surface area contributed by atoms with Crippen molar-refractivity contribution in [3.8, 4) is 5.75 Å². The van der Waals surface area contributed by atoms with Crippen LogP contribution in [-0.4, -0.2) is 64.4 Å². The van der Waals surface area contributed by atoms with Gasteiger partial charge in [0, 0.05) is 31.0 Å². The van der Waals surface area contributed by atoms with Crippen LogP contribution in [0.3, 0.4) is 0 Å². The first-order chi connectivity index (χ1) is 15.5. The largest absolute Gasteiger partial charge is 0.507 e. The minimum absolute atomic E-state index is 0.0878. The van der Waals surface area contributed by atoms with Gasteiger partial charge in [0.25, 0.3) is 11.7 Å². The molecule has 7 heteroatoms. The van der Waals surface area contributed by atoms with Gasteiger partial charge in [-0.15, -0.1) is 0 Å². The Morgan fingerprint density at radius 1 is 1.12 bits per heavy atom. The zero-order valence-electron chi connectivity index (χ0n) is 19.0. The molecule has 1 saturated heterocycles. The van der Waals surface area contributed by atoms with E-state index in [0.29, 0.717) is 36.6 Å². The van der Waals surface area contributed by atoms with Gasteiger partial charge < -0.3 is 19.6 Å². The van der Waals surface area contributed by atoms with Crippen molar-refractivity contribution in [3.05, 3.63) is 65.5 Å². The Morgan fingerprint density at radius 3 is 2.44 bits per heavy atom. The number of aliphatic hydroxyl groups excluding tert-OH is 1. The highest BCUT2D eigenvalue weighted by molar-refractivity contribution is 6.46. The highest BCUT2D eigenvalue weighted by Gasteiger charge is 2.46. The molecule has 170 valence electrons. The Bertz CT molecular complexity index is 953. The second kappa shape index (κ2) is 10.9. The van der Waals surface area contributed by atoms with E-state index in [4.69, 9.17) is 4.74 Å². The molecule has 32 heavy (non-hydrogen) atoms. The van der Waals surface area contributed by atoms with Crippen LogP contribution in [0, 0.1) is 0 Å². The van der Waals surface area contributed by atoms with E-state index in [1.54, 1.807) is 47.6 Å². The Morgan fingerprint density at radius 2 is 1.84 bits per heavy atom. The Hall–Kier alpha value is -3.19. The van der Waals surface area contributed by atoms with Gasteiger partial charge in [0.15, 0.2) is 0 Å². The highest BCUT2D eigenvalue weighted by Crippen LogP contribution is 2.39. The molecule has 0 bridgehead atoms. The molecule has 1 unspecified atom stereocenters. The molecule has 1 amide bonds. The summed E-state index contributed by atoms with van der Waals surface area (Å²) < 4.78 is 5.60. The number of hydrogen-bond donors (Lipinski definition) is 1. The van der Waals surface area contributed by atoms with E-state index in [1.807, 2.05) is 13.0 Å². The molecule has 1 aromatic heterocycles. The molecule has 3 rings (SSSR count). The molecule has 7 nitrogen and oxygen atoms in total. The molecule has 1 atom stereocenters. The van der Waals surface area contributed by atoms with E-state index in [2.05, 4.69) is 23.7 Å². The number of carbonyl (C=O) groups excluding carboxylic acids is 2. The zero-order valence-corrected chi connectivity index (χ0v) is 19.0. The number of likely N-dealkylation sites (tertiary alicyclic amines) is 1. The number of ketones is 1. The number of rotatable bonds is 10. The molecule has 1 aliphatic heterocycles. The molecule has 2 aromatic rings. The van der Waals surface area contributed by atoms with Gasteiger partial charge in [-0.2, -0.15) is 0 Å². The summed E-state index contributed by atoms with van der Waals surface area (Å²) in [5, 5.41) is 11.1. The number of aromatic nitrogens is 1. The predicted molar refractivity (Wildman–Crippen MR) is 123 cm³/mol. The lowest BCUT2D eigenvalue weighted by atomic mass is 9.96. The van der Waals surface area contributed by atoms with E-state index in [0.717, 1.165) is 19.5 Å². The van der Waals surface area contributed by atoms with Gasteiger partial charge in [-0.3, -0.25) is 14.6 Å². The number of likely N-dealkylation sites (N-methyl/N-ethyl adjacent to an activating group) is 1. The summed E-state index contributed by atoms with van der Waals surface area (Å²) >= 11 is 0. The number of aliphatic hydroxyl groups is 1. The molecule has 1 aliphatic rings. The van der Waals surface area contributed by atoms with E-state index in [1.165, 1.54) is 0 Å². The maximum Gasteiger partial charge on any atom is 0.295 e. The van der Waals surface area contributed by atoms with Crippen molar-refractivity contribution in [3.63, 3.8) is 0 Å². The van der Waals surface area contributed by atoms with Gasteiger partial charge in [0.05, 0.1) is 18.2 Å². The van der Waals surface area contributed by atoms with Crippen LogP contribution in [0.25, 0.3) is 5.76 Å². The van der Waals surface area contributed by atoms with Crippen LogP contribution in [0.4, 0.5) is 0 Å². The van der Waals surface area contributed by atoms with Crippen LogP contribution >= 0.6 is 0 Å². The van der Waals surface area contributed by atoms with E-state index in [9.17, 15) is 14.7 Å². The van der Waals surface area contributed by atoms with Gasteiger partial charge in [-0.05, 0) is 55.4 Å². The van der Waals surface area contributed by atoms with Crippen LogP contribution in [-0.2, 0) is 9.59 Å². The third-order valence-corrected chi connectivity index (χ3v) is 5.69. The summed E-state index contributed by atoms with van der Waals surface area (Å²) in [6, 6.07) is 9.80. The number of pyridine rings is 1. The number of Topliss-reactive ketones (excluding diaryl/α,β-unsaturated/α-hetero) is 1. The van der Waals surface area contributed by atoms with E-state index < -0.39 is 17.7 Å². The van der Waals surface area contributed by atoms with Crippen molar-refractivity contribution in [2.75, 3.05) is 32.8 Å². The molecule has 0 spiro atoms. The number of benzene rings is 1. The second-order valence-electron chi connectivity index (χ2n) is 7.68.